The Morgan fingerprint density at radius 1 is 1.45 bits per heavy atom. The zero-order chi connectivity index (χ0) is 13.9. The van der Waals surface area contributed by atoms with Crippen molar-refractivity contribution in [3.63, 3.8) is 0 Å². The Morgan fingerprint density at radius 2 is 2.35 bits per heavy atom. The fourth-order valence-corrected chi connectivity index (χ4v) is 2.43. The van der Waals surface area contributed by atoms with E-state index in [-0.39, 0.29) is 17.9 Å². The second-order valence-corrected chi connectivity index (χ2v) is 5.00. The average molecular weight is 275 g/mol. The Morgan fingerprint density at radius 3 is 3.15 bits per heavy atom. The van der Waals surface area contributed by atoms with E-state index in [0.717, 1.165) is 24.3 Å². The number of hydrogen-bond donors (Lipinski definition) is 3. The Bertz CT molecular complexity index is 538. The first-order valence-corrected chi connectivity index (χ1v) is 6.75. The molecule has 6 nitrogen and oxygen atoms in total. The highest BCUT2D eigenvalue weighted by molar-refractivity contribution is 6.01. The van der Waals surface area contributed by atoms with E-state index in [1.54, 1.807) is 18.2 Å². The molecule has 1 aromatic carbocycles. The van der Waals surface area contributed by atoms with Crippen LogP contribution in [0.5, 0.6) is 0 Å². The molecule has 1 aromatic rings. The molecule has 0 aliphatic carbocycles. The highest BCUT2D eigenvalue weighted by Gasteiger charge is 2.20. The fourth-order valence-electron chi connectivity index (χ4n) is 2.43. The van der Waals surface area contributed by atoms with Crippen LogP contribution < -0.4 is 16.0 Å². The summed E-state index contributed by atoms with van der Waals surface area (Å²) in [6.45, 7) is 2.77. The molecule has 1 saturated heterocycles. The van der Waals surface area contributed by atoms with Crippen molar-refractivity contribution in [1.82, 2.24) is 10.6 Å². The number of morpholine rings is 1. The normalized spacial score (nSPS) is 21.2. The number of ether oxygens (including phenoxy) is 1. The van der Waals surface area contributed by atoms with E-state index < -0.39 is 0 Å². The second-order valence-electron chi connectivity index (χ2n) is 5.00. The molecule has 2 aliphatic heterocycles. The monoisotopic (exact) mass is 275 g/mol. The number of amides is 2. The largest absolute Gasteiger partial charge is 0.374 e. The number of fused-ring (bicyclic) bond motifs is 1. The van der Waals surface area contributed by atoms with Crippen molar-refractivity contribution in [1.29, 1.82) is 0 Å². The zero-order valence-corrected chi connectivity index (χ0v) is 11.1. The van der Waals surface area contributed by atoms with E-state index in [4.69, 9.17) is 4.74 Å². The van der Waals surface area contributed by atoms with Crippen LogP contribution in [0.1, 0.15) is 15.9 Å². The Kier molecular flexibility index (Phi) is 3.66. The summed E-state index contributed by atoms with van der Waals surface area (Å²) in [5, 5.41) is 8.83. The van der Waals surface area contributed by atoms with Crippen molar-refractivity contribution in [2.45, 2.75) is 12.5 Å². The lowest BCUT2D eigenvalue weighted by atomic mass is 10.1. The summed E-state index contributed by atoms with van der Waals surface area (Å²) in [7, 11) is 0. The quantitative estimate of drug-likeness (QED) is 0.719. The van der Waals surface area contributed by atoms with Crippen molar-refractivity contribution in [2.75, 3.05) is 31.6 Å². The van der Waals surface area contributed by atoms with Gasteiger partial charge >= 0.3 is 0 Å². The molecule has 2 heterocycles. The van der Waals surface area contributed by atoms with Crippen molar-refractivity contribution >= 4 is 17.5 Å². The molecule has 0 saturated carbocycles. The summed E-state index contributed by atoms with van der Waals surface area (Å²) in [5.74, 6) is -0.166. The van der Waals surface area contributed by atoms with Crippen LogP contribution >= 0.6 is 0 Å². The lowest BCUT2D eigenvalue weighted by Gasteiger charge is -2.23. The number of hydrogen-bond acceptors (Lipinski definition) is 4. The maximum atomic E-state index is 12.1. The van der Waals surface area contributed by atoms with E-state index in [2.05, 4.69) is 16.0 Å². The summed E-state index contributed by atoms with van der Waals surface area (Å²) < 4.78 is 5.52. The third-order valence-electron chi connectivity index (χ3n) is 3.49. The van der Waals surface area contributed by atoms with Crippen LogP contribution in [0.2, 0.25) is 0 Å². The Labute approximate surface area is 116 Å². The van der Waals surface area contributed by atoms with Crippen molar-refractivity contribution in [3.05, 3.63) is 29.3 Å². The summed E-state index contributed by atoms with van der Waals surface area (Å²) in [6, 6.07) is 5.26. The molecule has 3 rings (SSSR count). The molecule has 2 aliphatic rings. The van der Waals surface area contributed by atoms with Gasteiger partial charge in [-0.1, -0.05) is 0 Å². The van der Waals surface area contributed by atoms with E-state index in [0.29, 0.717) is 25.1 Å². The number of carbonyl (C=O) groups excluding carboxylic acids is 2. The van der Waals surface area contributed by atoms with Crippen molar-refractivity contribution < 1.29 is 14.3 Å². The number of anilines is 1. The van der Waals surface area contributed by atoms with E-state index in [9.17, 15) is 9.59 Å². The summed E-state index contributed by atoms with van der Waals surface area (Å²) in [5.41, 5.74) is 2.24. The maximum absolute atomic E-state index is 12.1. The molecule has 1 fully saturated rings. The van der Waals surface area contributed by atoms with E-state index in [1.807, 2.05) is 0 Å². The lowest BCUT2D eigenvalue weighted by molar-refractivity contribution is -0.115. The third-order valence-corrected chi connectivity index (χ3v) is 3.49. The van der Waals surface area contributed by atoms with Gasteiger partial charge in [0.1, 0.15) is 0 Å². The smallest absolute Gasteiger partial charge is 0.251 e. The topological polar surface area (TPSA) is 79.5 Å². The van der Waals surface area contributed by atoms with E-state index in [1.165, 1.54) is 0 Å². The van der Waals surface area contributed by atoms with Gasteiger partial charge in [0.25, 0.3) is 5.91 Å². The standard InChI is InChI=1S/C14H17N3O3/c18-13-6-10-5-9(1-2-12(10)17-13)14(19)16-8-11-7-15-3-4-20-11/h1-2,5,11,15H,3-4,6-8H2,(H,16,19)(H,17,18). The van der Waals surface area contributed by atoms with Gasteiger partial charge < -0.3 is 20.7 Å². The molecular formula is C14H17N3O3. The van der Waals surface area contributed by atoms with Gasteiger partial charge in [-0.15, -0.1) is 0 Å². The maximum Gasteiger partial charge on any atom is 0.251 e. The van der Waals surface area contributed by atoms with Crippen LogP contribution in [-0.2, 0) is 16.0 Å². The van der Waals surface area contributed by atoms with Crippen LogP contribution in [0, 0.1) is 0 Å². The first-order valence-electron chi connectivity index (χ1n) is 6.75. The molecule has 0 spiro atoms. The van der Waals surface area contributed by atoms with Crippen LogP contribution in [0.3, 0.4) is 0 Å². The molecule has 0 radical (unpaired) electrons. The van der Waals surface area contributed by atoms with Gasteiger partial charge in [0.2, 0.25) is 5.91 Å². The number of nitrogens with one attached hydrogen (secondary N) is 3. The molecule has 6 heteroatoms. The number of carbonyl (C=O) groups is 2. The van der Waals surface area contributed by atoms with Gasteiger partial charge in [0.15, 0.2) is 0 Å². The first-order chi connectivity index (χ1) is 9.72. The highest BCUT2D eigenvalue weighted by Crippen LogP contribution is 2.23. The Balaban J connectivity index is 1.60. The molecule has 0 bridgehead atoms. The van der Waals surface area contributed by atoms with Crippen LogP contribution in [-0.4, -0.2) is 44.2 Å². The number of benzene rings is 1. The molecule has 2 amide bonds. The molecule has 3 N–H and O–H groups in total. The van der Waals surface area contributed by atoms with E-state index >= 15 is 0 Å². The van der Waals surface area contributed by atoms with Crippen molar-refractivity contribution in [3.8, 4) is 0 Å². The van der Waals surface area contributed by atoms with Crippen LogP contribution in [0.25, 0.3) is 0 Å². The molecule has 106 valence electrons. The van der Waals surface area contributed by atoms with Crippen LogP contribution in [0.4, 0.5) is 5.69 Å². The average Bonchev–Trinajstić information content (AvgIpc) is 2.85. The van der Waals surface area contributed by atoms with Gasteiger partial charge in [-0.3, -0.25) is 9.59 Å². The SMILES string of the molecule is O=C1Cc2cc(C(=O)NCC3CNCCO3)ccc2N1. The molecule has 1 atom stereocenters. The van der Waals surface area contributed by atoms with Crippen LogP contribution in [0.15, 0.2) is 18.2 Å². The minimum atomic E-state index is -0.138. The Hall–Kier alpha value is -1.92. The molecule has 20 heavy (non-hydrogen) atoms. The highest BCUT2D eigenvalue weighted by atomic mass is 16.5. The lowest BCUT2D eigenvalue weighted by Crippen LogP contribution is -2.45. The van der Waals surface area contributed by atoms with Gasteiger partial charge in [-0.05, 0) is 23.8 Å². The summed E-state index contributed by atoms with van der Waals surface area (Å²) >= 11 is 0. The minimum absolute atomic E-state index is 0.0189. The zero-order valence-electron chi connectivity index (χ0n) is 11.1. The predicted molar refractivity (Wildman–Crippen MR) is 73.7 cm³/mol. The number of rotatable bonds is 3. The first kappa shape index (κ1) is 13.1. The van der Waals surface area contributed by atoms with Gasteiger partial charge in [-0.25, -0.2) is 0 Å². The molecule has 1 unspecified atom stereocenters. The third kappa shape index (κ3) is 2.81. The summed E-state index contributed by atoms with van der Waals surface area (Å²) in [4.78, 5) is 23.4. The van der Waals surface area contributed by atoms with Gasteiger partial charge in [-0.2, -0.15) is 0 Å². The molecule has 0 aromatic heterocycles. The molecular weight excluding hydrogens is 258 g/mol. The second kappa shape index (κ2) is 5.60. The van der Waals surface area contributed by atoms with Gasteiger partial charge in [0, 0.05) is 30.9 Å². The fraction of sp³-hybridized carbons (Fsp3) is 0.429. The predicted octanol–water partition coefficient (Wildman–Crippen LogP) is -0.101. The minimum Gasteiger partial charge on any atom is -0.374 e. The summed E-state index contributed by atoms with van der Waals surface area (Å²) in [6.07, 6.45) is 0.358. The van der Waals surface area contributed by atoms with Gasteiger partial charge in [0.05, 0.1) is 19.1 Å². The van der Waals surface area contributed by atoms with Crippen molar-refractivity contribution in [2.24, 2.45) is 0 Å².